The van der Waals surface area contributed by atoms with Crippen molar-refractivity contribution in [2.24, 2.45) is 0 Å². The molecule has 80 valence electrons. The summed E-state index contributed by atoms with van der Waals surface area (Å²) in [7, 11) is 0. The van der Waals surface area contributed by atoms with Crippen LogP contribution < -0.4 is 0 Å². The Kier molecular flexibility index (Phi) is 7.23. The lowest BCUT2D eigenvalue weighted by Gasteiger charge is -2.18. The molecule has 1 aliphatic rings. The van der Waals surface area contributed by atoms with Crippen LogP contribution in [0.3, 0.4) is 0 Å². The molecule has 0 amide bonds. The van der Waals surface area contributed by atoms with Crippen LogP contribution in [-0.2, 0) is 9.47 Å². The molecule has 1 fully saturated rings. The lowest BCUT2D eigenvalue weighted by atomic mass is 10.2. The van der Waals surface area contributed by atoms with Gasteiger partial charge in [-0.3, -0.25) is 0 Å². The summed E-state index contributed by atoms with van der Waals surface area (Å²) in [6, 6.07) is 0. The van der Waals surface area contributed by atoms with Crippen LogP contribution in [-0.4, -0.2) is 30.7 Å². The molecule has 1 N–H and O–H groups in total. The summed E-state index contributed by atoms with van der Waals surface area (Å²) in [5.74, 6) is -0.264. The summed E-state index contributed by atoms with van der Waals surface area (Å²) >= 11 is 0. The average Bonchev–Trinajstić information content (AvgIpc) is 2.56. The van der Waals surface area contributed by atoms with Gasteiger partial charge in [-0.05, 0) is 19.8 Å². The highest BCUT2D eigenvalue weighted by molar-refractivity contribution is 4.64. The third-order valence-electron chi connectivity index (χ3n) is 2.05. The number of hydrogen-bond acceptors (Lipinski definition) is 3. The molecule has 1 saturated heterocycles. The van der Waals surface area contributed by atoms with Crippen LogP contribution in [0.1, 0.15) is 40.0 Å². The summed E-state index contributed by atoms with van der Waals surface area (Å²) in [5.41, 5.74) is 0. The van der Waals surface area contributed by atoms with E-state index in [-0.39, 0.29) is 5.79 Å². The molecule has 0 saturated carbocycles. The van der Waals surface area contributed by atoms with Gasteiger partial charge in [-0.2, -0.15) is 0 Å². The number of hydrogen-bond donors (Lipinski definition) is 1. The van der Waals surface area contributed by atoms with Gasteiger partial charge in [0.15, 0.2) is 5.79 Å². The van der Waals surface area contributed by atoms with Gasteiger partial charge < -0.3 is 14.6 Å². The van der Waals surface area contributed by atoms with Gasteiger partial charge >= 0.3 is 0 Å². The first-order valence-corrected chi connectivity index (χ1v) is 5.07. The number of rotatable bonds is 3. The fraction of sp³-hybridized carbons (Fsp3) is 1.00. The molecule has 0 atom stereocenters. The minimum absolute atomic E-state index is 0.264. The molecule has 3 heteroatoms. The van der Waals surface area contributed by atoms with Crippen LogP contribution in [0.2, 0.25) is 0 Å². The fourth-order valence-corrected chi connectivity index (χ4v) is 0.919. The van der Waals surface area contributed by atoms with Crippen molar-refractivity contribution in [1.29, 1.82) is 0 Å². The van der Waals surface area contributed by atoms with Crippen LogP contribution in [0, 0.1) is 0 Å². The summed E-state index contributed by atoms with van der Waals surface area (Å²) in [5, 5.41) is 8.07. The van der Waals surface area contributed by atoms with Gasteiger partial charge in [-0.1, -0.05) is 20.3 Å². The highest BCUT2D eigenvalue weighted by atomic mass is 16.7. The molecular weight excluding hydrogens is 168 g/mol. The van der Waals surface area contributed by atoms with E-state index in [4.69, 9.17) is 14.6 Å². The second kappa shape index (κ2) is 7.30. The Balaban J connectivity index is 0.000000252. The lowest BCUT2D eigenvalue weighted by molar-refractivity contribution is -0.143. The summed E-state index contributed by atoms with van der Waals surface area (Å²) in [6.45, 7) is 7.94. The van der Waals surface area contributed by atoms with E-state index >= 15 is 0 Å². The van der Waals surface area contributed by atoms with Crippen molar-refractivity contribution >= 4 is 0 Å². The van der Waals surface area contributed by atoms with Crippen molar-refractivity contribution in [2.45, 2.75) is 45.8 Å². The zero-order valence-electron chi connectivity index (χ0n) is 9.01. The first-order chi connectivity index (χ1) is 6.18. The van der Waals surface area contributed by atoms with Crippen molar-refractivity contribution in [1.82, 2.24) is 0 Å². The summed E-state index contributed by atoms with van der Waals surface area (Å²) < 4.78 is 10.5. The van der Waals surface area contributed by atoms with E-state index in [1.165, 1.54) is 0 Å². The Labute approximate surface area is 81.0 Å². The van der Waals surface area contributed by atoms with Gasteiger partial charge in [0, 0.05) is 6.61 Å². The van der Waals surface area contributed by atoms with E-state index in [9.17, 15) is 0 Å². The third-order valence-corrected chi connectivity index (χ3v) is 2.05. The Morgan fingerprint density at radius 3 is 1.92 bits per heavy atom. The van der Waals surface area contributed by atoms with E-state index in [0.717, 1.165) is 32.5 Å². The topological polar surface area (TPSA) is 38.7 Å². The molecule has 1 heterocycles. The van der Waals surface area contributed by atoms with Crippen molar-refractivity contribution < 1.29 is 14.6 Å². The fourth-order valence-electron chi connectivity index (χ4n) is 0.919. The van der Waals surface area contributed by atoms with Crippen LogP contribution in [0.25, 0.3) is 0 Å². The highest BCUT2D eigenvalue weighted by Crippen LogP contribution is 2.21. The first-order valence-electron chi connectivity index (χ1n) is 5.07. The van der Waals surface area contributed by atoms with Gasteiger partial charge in [0.2, 0.25) is 0 Å². The molecule has 0 aromatic rings. The Hall–Kier alpha value is -0.120. The lowest BCUT2D eigenvalue weighted by Crippen LogP contribution is -2.23. The smallest absolute Gasteiger partial charge is 0.165 e. The Morgan fingerprint density at radius 1 is 1.23 bits per heavy atom. The van der Waals surface area contributed by atoms with E-state index in [1.807, 2.05) is 6.92 Å². The van der Waals surface area contributed by atoms with Gasteiger partial charge in [0.1, 0.15) is 0 Å². The summed E-state index contributed by atoms with van der Waals surface area (Å²) in [6.07, 6.45) is 2.98. The maximum absolute atomic E-state index is 8.07. The molecule has 0 radical (unpaired) electrons. The SMILES string of the molecule is CCC1(C)OCCO1.CCCCO. The number of aliphatic hydroxyl groups is 1. The third kappa shape index (κ3) is 6.02. The molecule has 1 aliphatic heterocycles. The first kappa shape index (κ1) is 12.9. The van der Waals surface area contributed by atoms with Gasteiger partial charge in [-0.15, -0.1) is 0 Å². The van der Waals surface area contributed by atoms with Crippen molar-refractivity contribution in [3.8, 4) is 0 Å². The van der Waals surface area contributed by atoms with Crippen molar-refractivity contribution in [3.05, 3.63) is 0 Å². The van der Waals surface area contributed by atoms with Gasteiger partial charge in [0.05, 0.1) is 13.2 Å². The minimum Gasteiger partial charge on any atom is -0.396 e. The number of aliphatic hydroxyl groups excluding tert-OH is 1. The molecule has 0 unspecified atom stereocenters. The molecule has 13 heavy (non-hydrogen) atoms. The molecule has 0 aromatic heterocycles. The van der Waals surface area contributed by atoms with E-state index < -0.39 is 0 Å². The molecule has 0 bridgehead atoms. The molecule has 0 aromatic carbocycles. The van der Waals surface area contributed by atoms with Crippen LogP contribution >= 0.6 is 0 Å². The quantitative estimate of drug-likeness (QED) is 0.739. The van der Waals surface area contributed by atoms with Gasteiger partial charge in [-0.25, -0.2) is 0 Å². The molecular formula is C10H22O3. The predicted molar refractivity (Wildman–Crippen MR) is 52.6 cm³/mol. The number of ether oxygens (including phenoxy) is 2. The van der Waals surface area contributed by atoms with Crippen molar-refractivity contribution in [3.63, 3.8) is 0 Å². The minimum atomic E-state index is -0.264. The highest BCUT2D eigenvalue weighted by Gasteiger charge is 2.27. The van der Waals surface area contributed by atoms with E-state index in [2.05, 4.69) is 13.8 Å². The van der Waals surface area contributed by atoms with E-state index in [1.54, 1.807) is 0 Å². The molecule has 3 nitrogen and oxygen atoms in total. The van der Waals surface area contributed by atoms with Gasteiger partial charge in [0.25, 0.3) is 0 Å². The molecule has 0 aliphatic carbocycles. The van der Waals surface area contributed by atoms with Crippen LogP contribution in [0.4, 0.5) is 0 Å². The maximum atomic E-state index is 8.07. The standard InChI is InChI=1S/C6H12O2.C4H10O/c1-3-6(2)7-4-5-8-6;1-2-3-4-5/h3-5H2,1-2H3;5H,2-4H2,1H3. The second-order valence-corrected chi connectivity index (χ2v) is 3.26. The largest absolute Gasteiger partial charge is 0.396 e. The van der Waals surface area contributed by atoms with Crippen LogP contribution in [0.5, 0.6) is 0 Å². The monoisotopic (exact) mass is 190 g/mol. The van der Waals surface area contributed by atoms with Crippen LogP contribution in [0.15, 0.2) is 0 Å². The molecule has 1 rings (SSSR count). The normalized spacial score (nSPS) is 19.4. The Bertz CT molecular complexity index is 107. The zero-order valence-corrected chi connectivity index (χ0v) is 9.01. The average molecular weight is 190 g/mol. The summed E-state index contributed by atoms with van der Waals surface area (Å²) in [4.78, 5) is 0. The van der Waals surface area contributed by atoms with E-state index in [0.29, 0.717) is 6.61 Å². The number of unbranched alkanes of at least 4 members (excludes halogenated alkanes) is 1. The second-order valence-electron chi connectivity index (χ2n) is 3.26. The zero-order chi connectivity index (χ0) is 10.2. The molecule has 0 spiro atoms. The maximum Gasteiger partial charge on any atom is 0.165 e. The predicted octanol–water partition coefficient (Wildman–Crippen LogP) is 1.94. The Morgan fingerprint density at radius 2 is 1.77 bits per heavy atom. The van der Waals surface area contributed by atoms with Crippen molar-refractivity contribution in [2.75, 3.05) is 19.8 Å².